The van der Waals surface area contributed by atoms with Crippen LogP contribution in [0.3, 0.4) is 0 Å². The summed E-state index contributed by atoms with van der Waals surface area (Å²) in [6.07, 6.45) is 3.10. The Kier molecular flexibility index (Phi) is 5.25. The molecule has 5 heteroatoms. The molecule has 0 aromatic rings. The Morgan fingerprint density at radius 3 is 2.88 bits per heavy atom. The average molecular weight is 228 g/mol. The fourth-order valence-corrected chi connectivity index (χ4v) is 1.61. The van der Waals surface area contributed by atoms with Crippen LogP contribution in [0, 0.1) is 5.92 Å². The Morgan fingerprint density at radius 1 is 1.56 bits per heavy atom. The summed E-state index contributed by atoms with van der Waals surface area (Å²) in [5, 5.41) is 2.80. The first kappa shape index (κ1) is 13.0. The summed E-state index contributed by atoms with van der Waals surface area (Å²) < 4.78 is 5.38. The van der Waals surface area contributed by atoms with Gasteiger partial charge in [0.05, 0.1) is 6.10 Å². The van der Waals surface area contributed by atoms with Crippen molar-refractivity contribution in [3.05, 3.63) is 0 Å². The van der Waals surface area contributed by atoms with Gasteiger partial charge >= 0.3 is 0 Å². The van der Waals surface area contributed by atoms with Gasteiger partial charge < -0.3 is 15.8 Å². The molecule has 0 aromatic carbocycles. The fraction of sp³-hybridized carbons (Fsp3) is 0.818. The van der Waals surface area contributed by atoms with Gasteiger partial charge in [-0.25, -0.2) is 0 Å². The van der Waals surface area contributed by atoms with Gasteiger partial charge in [0.15, 0.2) is 0 Å². The van der Waals surface area contributed by atoms with E-state index in [0.29, 0.717) is 19.4 Å². The van der Waals surface area contributed by atoms with Crippen LogP contribution in [0.15, 0.2) is 0 Å². The van der Waals surface area contributed by atoms with Crippen molar-refractivity contribution in [2.75, 3.05) is 13.2 Å². The number of nitrogens with two attached hydrogens (primary N) is 1. The van der Waals surface area contributed by atoms with Gasteiger partial charge in [0.1, 0.15) is 0 Å². The molecular formula is C11H20N2O3. The largest absolute Gasteiger partial charge is 0.376 e. The molecule has 5 nitrogen and oxygen atoms in total. The molecule has 1 fully saturated rings. The lowest BCUT2D eigenvalue weighted by Gasteiger charge is -2.11. The highest BCUT2D eigenvalue weighted by atomic mass is 16.5. The zero-order chi connectivity index (χ0) is 12.0. The highest BCUT2D eigenvalue weighted by Crippen LogP contribution is 2.10. The number of nitrogens with one attached hydrogen (secondary N) is 1. The lowest BCUT2D eigenvalue weighted by molar-refractivity contribution is -0.123. The zero-order valence-electron chi connectivity index (χ0n) is 9.70. The van der Waals surface area contributed by atoms with Crippen LogP contribution >= 0.6 is 0 Å². The van der Waals surface area contributed by atoms with E-state index in [0.717, 1.165) is 19.4 Å². The number of primary amides is 1. The Bertz CT molecular complexity index is 250. The van der Waals surface area contributed by atoms with E-state index in [-0.39, 0.29) is 23.8 Å². The Balaban J connectivity index is 2.08. The van der Waals surface area contributed by atoms with E-state index in [2.05, 4.69) is 5.32 Å². The molecule has 2 amide bonds. The number of rotatable bonds is 6. The van der Waals surface area contributed by atoms with Crippen LogP contribution in [0.2, 0.25) is 0 Å². The molecule has 0 spiro atoms. The highest BCUT2D eigenvalue weighted by Gasteiger charge is 2.16. The summed E-state index contributed by atoms with van der Waals surface area (Å²) in [5.41, 5.74) is 5.11. The highest BCUT2D eigenvalue weighted by molar-refractivity contribution is 5.79. The minimum Gasteiger partial charge on any atom is -0.376 e. The van der Waals surface area contributed by atoms with Crippen LogP contribution in [0.5, 0.6) is 0 Å². The summed E-state index contributed by atoms with van der Waals surface area (Å²) in [7, 11) is 0. The van der Waals surface area contributed by atoms with Crippen LogP contribution < -0.4 is 11.1 Å². The van der Waals surface area contributed by atoms with Crippen molar-refractivity contribution in [3.63, 3.8) is 0 Å². The normalized spacial score (nSPS) is 21.7. The standard InChI is InChI=1S/C11H20N2O3/c1-8(11(12)15)4-5-10(14)13-7-9-3-2-6-16-9/h8-9H,2-7H2,1H3,(H2,12,15)(H,13,14)/t8-,9+/m0/s1. The van der Waals surface area contributed by atoms with E-state index < -0.39 is 0 Å². The van der Waals surface area contributed by atoms with Crippen molar-refractivity contribution in [1.82, 2.24) is 5.32 Å². The smallest absolute Gasteiger partial charge is 0.220 e. The number of carbonyl (C=O) groups is 2. The molecule has 0 aliphatic carbocycles. The molecule has 0 saturated carbocycles. The van der Waals surface area contributed by atoms with E-state index >= 15 is 0 Å². The second-order valence-electron chi connectivity index (χ2n) is 4.28. The van der Waals surface area contributed by atoms with Gasteiger partial charge in [-0.15, -0.1) is 0 Å². The lowest BCUT2D eigenvalue weighted by atomic mass is 10.1. The maximum Gasteiger partial charge on any atom is 0.220 e. The minimum atomic E-state index is -0.355. The van der Waals surface area contributed by atoms with Crippen LogP contribution in [0.25, 0.3) is 0 Å². The number of amides is 2. The van der Waals surface area contributed by atoms with Gasteiger partial charge in [-0.1, -0.05) is 6.92 Å². The fourth-order valence-electron chi connectivity index (χ4n) is 1.61. The maximum atomic E-state index is 11.4. The first-order valence-corrected chi connectivity index (χ1v) is 5.77. The summed E-state index contributed by atoms with van der Waals surface area (Å²) in [5.74, 6) is -0.635. The molecule has 1 aliphatic rings. The predicted octanol–water partition coefficient (Wildman–Crippen LogP) is 0.183. The van der Waals surface area contributed by atoms with E-state index in [9.17, 15) is 9.59 Å². The van der Waals surface area contributed by atoms with Crippen molar-refractivity contribution >= 4 is 11.8 Å². The SMILES string of the molecule is C[C@@H](CCC(=O)NC[C@H]1CCCO1)C(N)=O. The van der Waals surface area contributed by atoms with Crippen molar-refractivity contribution in [2.24, 2.45) is 11.7 Å². The Hall–Kier alpha value is -1.10. The molecule has 92 valence electrons. The summed E-state index contributed by atoms with van der Waals surface area (Å²) in [6.45, 7) is 3.10. The third kappa shape index (κ3) is 4.61. The van der Waals surface area contributed by atoms with Gasteiger partial charge in [0.25, 0.3) is 0 Å². The third-order valence-electron chi connectivity index (χ3n) is 2.84. The average Bonchev–Trinajstić information content (AvgIpc) is 2.75. The van der Waals surface area contributed by atoms with E-state index in [4.69, 9.17) is 10.5 Å². The summed E-state index contributed by atoms with van der Waals surface area (Å²) in [4.78, 5) is 22.2. The lowest BCUT2D eigenvalue weighted by Crippen LogP contribution is -2.32. The topological polar surface area (TPSA) is 81.4 Å². The van der Waals surface area contributed by atoms with Crippen LogP contribution in [0.1, 0.15) is 32.6 Å². The molecule has 16 heavy (non-hydrogen) atoms. The first-order valence-electron chi connectivity index (χ1n) is 5.77. The monoisotopic (exact) mass is 228 g/mol. The second kappa shape index (κ2) is 6.48. The number of hydrogen-bond acceptors (Lipinski definition) is 3. The van der Waals surface area contributed by atoms with Gasteiger partial charge in [-0.05, 0) is 19.3 Å². The van der Waals surface area contributed by atoms with E-state index in [1.54, 1.807) is 6.92 Å². The van der Waals surface area contributed by atoms with Crippen molar-refractivity contribution in [2.45, 2.75) is 38.7 Å². The van der Waals surface area contributed by atoms with Crippen molar-refractivity contribution < 1.29 is 14.3 Å². The molecule has 0 bridgehead atoms. The Labute approximate surface area is 95.7 Å². The number of ether oxygens (including phenoxy) is 1. The van der Waals surface area contributed by atoms with Crippen LogP contribution in [-0.2, 0) is 14.3 Å². The molecule has 0 aromatic heterocycles. The van der Waals surface area contributed by atoms with Gasteiger partial charge in [-0.2, -0.15) is 0 Å². The van der Waals surface area contributed by atoms with Crippen molar-refractivity contribution in [1.29, 1.82) is 0 Å². The van der Waals surface area contributed by atoms with E-state index in [1.165, 1.54) is 0 Å². The minimum absolute atomic E-state index is 0.0383. The predicted molar refractivity (Wildman–Crippen MR) is 59.6 cm³/mol. The van der Waals surface area contributed by atoms with Gasteiger partial charge in [0, 0.05) is 25.5 Å². The summed E-state index contributed by atoms with van der Waals surface area (Å²) >= 11 is 0. The molecule has 1 aliphatic heterocycles. The first-order chi connectivity index (χ1) is 7.59. The number of carbonyl (C=O) groups excluding carboxylic acids is 2. The molecule has 2 atom stereocenters. The molecule has 1 rings (SSSR count). The Morgan fingerprint density at radius 2 is 2.31 bits per heavy atom. The number of hydrogen-bond donors (Lipinski definition) is 2. The second-order valence-corrected chi connectivity index (χ2v) is 4.28. The summed E-state index contributed by atoms with van der Waals surface area (Å²) in [6, 6.07) is 0. The maximum absolute atomic E-state index is 11.4. The van der Waals surface area contributed by atoms with Gasteiger partial charge in [0.2, 0.25) is 11.8 Å². The quantitative estimate of drug-likeness (QED) is 0.680. The zero-order valence-corrected chi connectivity index (χ0v) is 9.70. The third-order valence-corrected chi connectivity index (χ3v) is 2.84. The molecule has 0 radical (unpaired) electrons. The molecule has 1 heterocycles. The molecular weight excluding hydrogens is 208 g/mol. The van der Waals surface area contributed by atoms with Gasteiger partial charge in [-0.3, -0.25) is 9.59 Å². The van der Waals surface area contributed by atoms with E-state index in [1.807, 2.05) is 0 Å². The van der Waals surface area contributed by atoms with Crippen molar-refractivity contribution in [3.8, 4) is 0 Å². The molecule has 1 saturated heterocycles. The molecule has 3 N–H and O–H groups in total. The van der Waals surface area contributed by atoms with Crippen LogP contribution in [-0.4, -0.2) is 31.1 Å². The molecule has 0 unspecified atom stereocenters. The van der Waals surface area contributed by atoms with Crippen LogP contribution in [0.4, 0.5) is 0 Å².